The molecule has 0 saturated carbocycles. The molecule has 2 rings (SSSR count). The lowest BCUT2D eigenvalue weighted by Gasteiger charge is -2.07. The summed E-state index contributed by atoms with van der Waals surface area (Å²) in [6.45, 7) is 3.24. The summed E-state index contributed by atoms with van der Waals surface area (Å²) in [5.74, 6) is 0.707. The Bertz CT molecular complexity index is 623. The van der Waals surface area contributed by atoms with Crippen LogP contribution in [0, 0.1) is 0 Å². The van der Waals surface area contributed by atoms with Crippen LogP contribution in [0.15, 0.2) is 29.6 Å². The van der Waals surface area contributed by atoms with Gasteiger partial charge in [0.2, 0.25) is 5.91 Å². The van der Waals surface area contributed by atoms with E-state index < -0.39 is 0 Å². The Labute approximate surface area is 141 Å². The van der Waals surface area contributed by atoms with Crippen molar-refractivity contribution in [2.45, 2.75) is 26.3 Å². The second-order valence-corrected chi connectivity index (χ2v) is 6.38. The number of aryl methyl sites for hydroxylation is 1. The summed E-state index contributed by atoms with van der Waals surface area (Å²) in [5.41, 5.74) is 2.23. The van der Waals surface area contributed by atoms with E-state index in [0.717, 1.165) is 24.4 Å². The van der Waals surface area contributed by atoms with Gasteiger partial charge in [0, 0.05) is 11.9 Å². The van der Waals surface area contributed by atoms with Crippen LogP contribution in [-0.4, -0.2) is 36.5 Å². The highest BCUT2D eigenvalue weighted by atomic mass is 32.1. The molecule has 0 bridgehead atoms. The quantitative estimate of drug-likeness (QED) is 0.806. The highest BCUT2D eigenvalue weighted by Crippen LogP contribution is 2.17. The molecule has 5 nitrogen and oxygen atoms in total. The molecule has 0 atom stereocenters. The summed E-state index contributed by atoms with van der Waals surface area (Å²) in [6.07, 6.45) is 1.31. The Morgan fingerprint density at radius 2 is 2.04 bits per heavy atom. The summed E-state index contributed by atoms with van der Waals surface area (Å²) < 4.78 is 5.59. The minimum absolute atomic E-state index is 0.0825. The van der Waals surface area contributed by atoms with Gasteiger partial charge in [0.25, 0.3) is 0 Å². The molecule has 1 heterocycles. The summed E-state index contributed by atoms with van der Waals surface area (Å²) in [7, 11) is 3.98. The molecule has 6 heteroatoms. The van der Waals surface area contributed by atoms with Gasteiger partial charge in [-0.2, -0.15) is 0 Å². The third kappa shape index (κ3) is 6.00. The van der Waals surface area contributed by atoms with Gasteiger partial charge in [-0.1, -0.05) is 19.1 Å². The molecule has 0 aliphatic rings. The zero-order valence-electron chi connectivity index (χ0n) is 13.8. The van der Waals surface area contributed by atoms with Crippen molar-refractivity contribution in [3.63, 3.8) is 0 Å². The maximum atomic E-state index is 11.9. The van der Waals surface area contributed by atoms with Gasteiger partial charge in [-0.3, -0.25) is 4.79 Å². The Morgan fingerprint density at radius 3 is 2.70 bits per heavy atom. The van der Waals surface area contributed by atoms with Gasteiger partial charge in [-0.05, 0) is 38.2 Å². The van der Waals surface area contributed by atoms with Crippen molar-refractivity contribution < 1.29 is 9.53 Å². The van der Waals surface area contributed by atoms with Crippen molar-refractivity contribution in [2.75, 3.05) is 26.0 Å². The summed E-state index contributed by atoms with van der Waals surface area (Å²) >= 11 is 1.44. The number of amides is 1. The molecule has 124 valence electrons. The molecule has 1 aromatic carbocycles. The first kappa shape index (κ1) is 17.4. The number of nitrogens with zero attached hydrogens (tertiary/aromatic N) is 2. The number of nitrogens with one attached hydrogen (secondary N) is 1. The van der Waals surface area contributed by atoms with Gasteiger partial charge in [0.05, 0.1) is 18.7 Å². The van der Waals surface area contributed by atoms with Gasteiger partial charge >= 0.3 is 0 Å². The van der Waals surface area contributed by atoms with Gasteiger partial charge in [0.15, 0.2) is 5.13 Å². The lowest BCUT2D eigenvalue weighted by Crippen LogP contribution is -2.15. The number of anilines is 1. The maximum Gasteiger partial charge on any atom is 0.229 e. The number of carbonyl (C=O) groups excluding carboxylic acids is 1. The molecular formula is C17H23N3O2S. The fourth-order valence-electron chi connectivity index (χ4n) is 2.03. The molecule has 0 radical (unpaired) electrons. The fraction of sp³-hybridized carbons (Fsp3) is 0.412. The van der Waals surface area contributed by atoms with Crippen molar-refractivity contribution in [3.05, 3.63) is 40.9 Å². The average molecular weight is 333 g/mol. The molecule has 0 fully saturated rings. The second kappa shape index (κ2) is 8.64. The molecule has 0 saturated heterocycles. The first-order valence-corrected chi connectivity index (χ1v) is 8.55. The highest BCUT2D eigenvalue weighted by molar-refractivity contribution is 7.13. The van der Waals surface area contributed by atoms with E-state index in [1.54, 1.807) is 0 Å². The lowest BCUT2D eigenvalue weighted by atomic mass is 10.2. The fourth-order valence-corrected chi connectivity index (χ4v) is 2.74. The molecular weight excluding hydrogens is 310 g/mol. The number of ether oxygens (including phenoxy) is 1. The number of hydrogen-bond acceptors (Lipinski definition) is 5. The SMILES string of the molecule is CCc1ccc(OCCC(=O)Nc2nc(CN(C)C)cs2)cc1. The van der Waals surface area contributed by atoms with Crippen LogP contribution in [0.4, 0.5) is 5.13 Å². The first-order chi connectivity index (χ1) is 11.1. The first-order valence-electron chi connectivity index (χ1n) is 7.67. The van der Waals surface area contributed by atoms with Crippen LogP contribution in [0.5, 0.6) is 5.75 Å². The van der Waals surface area contributed by atoms with Crippen LogP contribution in [0.2, 0.25) is 0 Å². The van der Waals surface area contributed by atoms with Crippen LogP contribution in [0.25, 0.3) is 0 Å². The second-order valence-electron chi connectivity index (χ2n) is 5.53. The highest BCUT2D eigenvalue weighted by Gasteiger charge is 2.07. The minimum atomic E-state index is -0.0825. The van der Waals surface area contributed by atoms with Crippen LogP contribution in [0.1, 0.15) is 24.6 Å². The van der Waals surface area contributed by atoms with Crippen molar-refractivity contribution in [2.24, 2.45) is 0 Å². The Balaban J connectivity index is 1.73. The zero-order chi connectivity index (χ0) is 16.7. The minimum Gasteiger partial charge on any atom is -0.493 e. The van der Waals surface area contributed by atoms with Crippen molar-refractivity contribution in [3.8, 4) is 5.75 Å². The number of rotatable bonds is 8. The Hall–Kier alpha value is -1.92. The molecule has 2 aromatic rings. The van der Waals surface area contributed by atoms with Crippen molar-refractivity contribution in [1.82, 2.24) is 9.88 Å². The number of aromatic nitrogens is 1. The molecule has 0 spiro atoms. The van der Waals surface area contributed by atoms with Crippen LogP contribution >= 0.6 is 11.3 Å². The van der Waals surface area contributed by atoms with Gasteiger partial charge in [0.1, 0.15) is 5.75 Å². The summed E-state index contributed by atoms with van der Waals surface area (Å²) in [5, 5.41) is 5.41. The molecule has 0 aliphatic carbocycles. The largest absolute Gasteiger partial charge is 0.493 e. The molecule has 1 N–H and O–H groups in total. The lowest BCUT2D eigenvalue weighted by molar-refractivity contribution is -0.116. The number of benzene rings is 1. The molecule has 0 unspecified atom stereocenters. The van der Waals surface area contributed by atoms with Crippen LogP contribution < -0.4 is 10.1 Å². The van der Waals surface area contributed by atoms with Crippen molar-refractivity contribution in [1.29, 1.82) is 0 Å². The van der Waals surface area contributed by atoms with E-state index in [1.807, 2.05) is 48.6 Å². The smallest absolute Gasteiger partial charge is 0.229 e. The van der Waals surface area contributed by atoms with E-state index in [0.29, 0.717) is 18.2 Å². The number of thiazole rings is 1. The van der Waals surface area contributed by atoms with E-state index >= 15 is 0 Å². The molecule has 1 aromatic heterocycles. The van der Waals surface area contributed by atoms with E-state index in [-0.39, 0.29) is 5.91 Å². The third-order valence-corrected chi connectivity index (χ3v) is 4.01. The standard InChI is InChI=1S/C17H23N3O2S/c1-4-13-5-7-15(8-6-13)22-10-9-16(21)19-17-18-14(12-23-17)11-20(2)3/h5-8,12H,4,9-11H2,1-3H3,(H,18,19,21). The van der Waals surface area contributed by atoms with E-state index in [1.165, 1.54) is 16.9 Å². The number of hydrogen-bond donors (Lipinski definition) is 1. The topological polar surface area (TPSA) is 54.5 Å². The monoisotopic (exact) mass is 333 g/mol. The molecule has 0 aliphatic heterocycles. The average Bonchev–Trinajstić information content (AvgIpc) is 2.94. The normalized spacial score (nSPS) is 10.8. The number of carbonyl (C=O) groups is 1. The zero-order valence-corrected chi connectivity index (χ0v) is 14.7. The predicted octanol–water partition coefficient (Wildman–Crippen LogP) is 3.17. The summed E-state index contributed by atoms with van der Waals surface area (Å²) in [6, 6.07) is 7.95. The molecule has 1 amide bonds. The van der Waals surface area contributed by atoms with Gasteiger partial charge in [-0.25, -0.2) is 4.98 Å². The molecule has 23 heavy (non-hydrogen) atoms. The predicted molar refractivity (Wildman–Crippen MR) is 94.1 cm³/mol. The van der Waals surface area contributed by atoms with E-state index in [9.17, 15) is 4.79 Å². The summed E-state index contributed by atoms with van der Waals surface area (Å²) in [4.78, 5) is 18.3. The van der Waals surface area contributed by atoms with E-state index in [2.05, 4.69) is 17.2 Å². The van der Waals surface area contributed by atoms with Crippen molar-refractivity contribution >= 4 is 22.4 Å². The van der Waals surface area contributed by atoms with Crippen LogP contribution in [-0.2, 0) is 17.8 Å². The Morgan fingerprint density at radius 1 is 1.30 bits per heavy atom. The maximum absolute atomic E-state index is 11.9. The van der Waals surface area contributed by atoms with E-state index in [4.69, 9.17) is 4.74 Å². The Kier molecular flexibility index (Phi) is 6.55. The third-order valence-electron chi connectivity index (χ3n) is 3.21. The van der Waals surface area contributed by atoms with Gasteiger partial charge in [-0.15, -0.1) is 11.3 Å². The van der Waals surface area contributed by atoms with Crippen LogP contribution in [0.3, 0.4) is 0 Å². The van der Waals surface area contributed by atoms with Gasteiger partial charge < -0.3 is 15.0 Å².